The summed E-state index contributed by atoms with van der Waals surface area (Å²) in [5.41, 5.74) is 10.1. The Morgan fingerprint density at radius 1 is 0.939 bits per heavy atom. The Kier molecular flexibility index (Phi) is 5.81. The molecule has 164 valence electrons. The molecule has 3 N–H and O–H groups in total. The van der Waals surface area contributed by atoms with Crippen molar-refractivity contribution in [3.63, 3.8) is 0 Å². The third kappa shape index (κ3) is 4.33. The van der Waals surface area contributed by atoms with Gasteiger partial charge in [0.1, 0.15) is 5.82 Å². The van der Waals surface area contributed by atoms with Gasteiger partial charge in [-0.15, -0.1) is 5.10 Å². The molecule has 0 bridgehead atoms. The molecule has 7 nitrogen and oxygen atoms in total. The molecule has 9 heteroatoms. The van der Waals surface area contributed by atoms with Crippen molar-refractivity contribution in [1.29, 1.82) is 0 Å². The second-order valence-corrected chi connectivity index (χ2v) is 8.19. The van der Waals surface area contributed by atoms with Crippen LogP contribution in [0.2, 0.25) is 10.0 Å². The fourth-order valence-electron chi connectivity index (χ4n) is 3.59. The highest BCUT2D eigenvalue weighted by Crippen LogP contribution is 2.34. The van der Waals surface area contributed by atoms with Crippen LogP contribution in [0.15, 0.2) is 72.9 Å². The van der Waals surface area contributed by atoms with Crippen LogP contribution < -0.4 is 11.1 Å². The summed E-state index contributed by atoms with van der Waals surface area (Å²) in [5, 5.41) is 9.69. The van der Waals surface area contributed by atoms with Gasteiger partial charge in [0.25, 0.3) is 0 Å². The molecule has 2 aromatic carbocycles. The quantitative estimate of drug-likeness (QED) is 0.340. The predicted molar refractivity (Wildman–Crippen MR) is 133 cm³/mol. The Hall–Kier alpha value is -3.68. The number of benzene rings is 2. The van der Waals surface area contributed by atoms with Gasteiger partial charge in [0.2, 0.25) is 5.95 Å². The molecule has 0 spiro atoms. The topological polar surface area (TPSA) is 94.5 Å². The average molecular weight is 476 g/mol. The van der Waals surface area contributed by atoms with Crippen molar-refractivity contribution in [1.82, 2.24) is 24.7 Å². The number of nitrogens with zero attached hydrogens (tertiary/aromatic N) is 5. The Bertz CT molecular complexity index is 1430. The number of nitrogens with two attached hydrogens (primary N) is 1. The second-order valence-electron chi connectivity index (χ2n) is 7.35. The van der Waals surface area contributed by atoms with Crippen molar-refractivity contribution in [2.45, 2.75) is 6.42 Å². The number of hydrogen-bond acceptors (Lipinski definition) is 6. The highest BCUT2D eigenvalue weighted by Gasteiger charge is 2.20. The van der Waals surface area contributed by atoms with E-state index in [4.69, 9.17) is 33.9 Å². The summed E-state index contributed by atoms with van der Waals surface area (Å²) in [6, 6.07) is 20.7. The summed E-state index contributed by atoms with van der Waals surface area (Å²) in [6.07, 6.45) is 2.50. The van der Waals surface area contributed by atoms with Gasteiger partial charge >= 0.3 is 0 Å². The molecule has 33 heavy (non-hydrogen) atoms. The summed E-state index contributed by atoms with van der Waals surface area (Å²) in [4.78, 5) is 13.7. The Morgan fingerprint density at radius 2 is 1.79 bits per heavy atom. The van der Waals surface area contributed by atoms with E-state index in [1.807, 2.05) is 60.7 Å². The molecule has 3 aromatic heterocycles. The zero-order chi connectivity index (χ0) is 22.8. The van der Waals surface area contributed by atoms with Crippen LogP contribution in [0.5, 0.6) is 0 Å². The third-order valence-corrected chi connectivity index (χ3v) is 5.69. The molecule has 0 unspecified atom stereocenters. The smallest absolute Gasteiger partial charge is 0.225 e. The molecular formula is C24H19Cl2N7. The van der Waals surface area contributed by atoms with Crippen LogP contribution in [0, 0.1) is 0 Å². The number of para-hydroxylation sites is 1. The van der Waals surface area contributed by atoms with Gasteiger partial charge in [-0.05, 0) is 36.4 Å². The largest absolute Gasteiger partial charge is 0.383 e. The maximum atomic E-state index is 6.54. The first kappa shape index (κ1) is 21.2. The number of anilines is 2. The highest BCUT2D eigenvalue weighted by molar-refractivity contribution is 6.32. The number of rotatable bonds is 6. The minimum absolute atomic E-state index is 0.396. The summed E-state index contributed by atoms with van der Waals surface area (Å²) in [7, 11) is 0. The zero-order valence-electron chi connectivity index (χ0n) is 17.4. The molecule has 0 aliphatic carbocycles. The van der Waals surface area contributed by atoms with E-state index in [2.05, 4.69) is 20.4 Å². The molecule has 0 amide bonds. The molecule has 0 atom stereocenters. The molecule has 5 aromatic rings. The van der Waals surface area contributed by atoms with E-state index in [0.29, 0.717) is 50.8 Å². The molecule has 0 aliphatic rings. The van der Waals surface area contributed by atoms with Crippen molar-refractivity contribution < 1.29 is 0 Å². The molecule has 5 rings (SSSR count). The van der Waals surface area contributed by atoms with E-state index in [0.717, 1.165) is 17.7 Å². The molecule has 0 saturated carbocycles. The van der Waals surface area contributed by atoms with Gasteiger partial charge in [0, 0.05) is 35.4 Å². The minimum atomic E-state index is 0.396. The van der Waals surface area contributed by atoms with Gasteiger partial charge in [-0.2, -0.15) is 4.98 Å². The van der Waals surface area contributed by atoms with Crippen molar-refractivity contribution in [3.8, 4) is 16.9 Å². The maximum Gasteiger partial charge on any atom is 0.225 e. The maximum absolute atomic E-state index is 6.54. The molecular weight excluding hydrogens is 457 g/mol. The lowest BCUT2D eigenvalue weighted by Gasteiger charge is -2.09. The van der Waals surface area contributed by atoms with Crippen molar-refractivity contribution >= 4 is 46.0 Å². The van der Waals surface area contributed by atoms with E-state index in [1.54, 1.807) is 16.9 Å². The van der Waals surface area contributed by atoms with Crippen LogP contribution in [0.1, 0.15) is 5.69 Å². The third-order valence-electron chi connectivity index (χ3n) is 5.14. The first-order valence-corrected chi connectivity index (χ1v) is 11.1. The fraction of sp³-hybridized carbons (Fsp3) is 0.0833. The molecule has 0 fully saturated rings. The average Bonchev–Trinajstić information content (AvgIpc) is 3.16. The van der Waals surface area contributed by atoms with Crippen LogP contribution in [-0.4, -0.2) is 31.3 Å². The summed E-state index contributed by atoms with van der Waals surface area (Å²) >= 11 is 12.7. The van der Waals surface area contributed by atoms with Crippen LogP contribution in [-0.2, 0) is 6.42 Å². The lowest BCUT2D eigenvalue weighted by atomic mass is 10.1. The molecule has 0 radical (unpaired) electrons. The number of halogens is 2. The van der Waals surface area contributed by atoms with E-state index in [-0.39, 0.29) is 0 Å². The monoisotopic (exact) mass is 475 g/mol. The molecule has 0 aliphatic heterocycles. The van der Waals surface area contributed by atoms with Crippen LogP contribution >= 0.6 is 23.2 Å². The van der Waals surface area contributed by atoms with Crippen molar-refractivity contribution in [3.05, 3.63) is 88.7 Å². The lowest BCUT2D eigenvalue weighted by Crippen LogP contribution is -2.09. The summed E-state index contributed by atoms with van der Waals surface area (Å²) < 4.78 is 1.59. The Labute approximate surface area is 200 Å². The number of nitrogens with one attached hydrogen (secondary N) is 1. The predicted octanol–water partition coefficient (Wildman–Crippen LogP) is 5.42. The fourth-order valence-corrected chi connectivity index (χ4v) is 4.00. The lowest BCUT2D eigenvalue weighted by molar-refractivity contribution is 0.898. The van der Waals surface area contributed by atoms with Gasteiger partial charge in [-0.25, -0.2) is 9.67 Å². The molecule has 0 saturated heterocycles. The summed E-state index contributed by atoms with van der Waals surface area (Å²) in [6.45, 7) is 0.609. The van der Waals surface area contributed by atoms with E-state index < -0.39 is 0 Å². The van der Waals surface area contributed by atoms with Crippen molar-refractivity contribution in [2.24, 2.45) is 0 Å². The standard InChI is InChI=1S/C24H19Cl2N7/c25-16-7-5-6-15(14-16)21-20-22(27)33(19-10-2-1-9-18(19)26)32-23(20)31-24(30-21)29-13-11-17-8-3-4-12-28-17/h1-10,12,14H,11,13,27H2,(H,29,31,32). The summed E-state index contributed by atoms with van der Waals surface area (Å²) in [5.74, 6) is 0.838. The normalized spacial score (nSPS) is 11.1. The number of nitrogen functional groups attached to an aromatic ring is 1. The number of aromatic nitrogens is 5. The van der Waals surface area contributed by atoms with E-state index in [9.17, 15) is 0 Å². The van der Waals surface area contributed by atoms with Gasteiger partial charge < -0.3 is 11.1 Å². The number of pyridine rings is 1. The first-order valence-electron chi connectivity index (χ1n) is 10.3. The van der Waals surface area contributed by atoms with Gasteiger partial charge in [-0.3, -0.25) is 4.98 Å². The number of fused-ring (bicyclic) bond motifs is 1. The van der Waals surface area contributed by atoms with Crippen molar-refractivity contribution in [2.75, 3.05) is 17.6 Å². The SMILES string of the molecule is Nc1c2c(-c3cccc(Cl)c3)nc(NCCc3ccccn3)nc2nn1-c1ccccc1Cl. The first-order chi connectivity index (χ1) is 16.1. The van der Waals surface area contributed by atoms with E-state index >= 15 is 0 Å². The van der Waals surface area contributed by atoms with Crippen LogP contribution in [0.4, 0.5) is 11.8 Å². The second kappa shape index (κ2) is 9.05. The Balaban J connectivity index is 1.60. The van der Waals surface area contributed by atoms with Gasteiger partial charge in [0.15, 0.2) is 5.65 Å². The Morgan fingerprint density at radius 3 is 2.58 bits per heavy atom. The van der Waals surface area contributed by atoms with Crippen LogP contribution in [0.25, 0.3) is 28.0 Å². The number of hydrogen-bond donors (Lipinski definition) is 2. The van der Waals surface area contributed by atoms with Gasteiger partial charge in [-0.1, -0.05) is 53.5 Å². The zero-order valence-corrected chi connectivity index (χ0v) is 18.9. The van der Waals surface area contributed by atoms with E-state index in [1.165, 1.54) is 0 Å². The molecule has 3 heterocycles. The highest BCUT2D eigenvalue weighted by atomic mass is 35.5. The van der Waals surface area contributed by atoms with Crippen LogP contribution in [0.3, 0.4) is 0 Å². The van der Waals surface area contributed by atoms with Gasteiger partial charge in [0.05, 0.1) is 21.8 Å². The minimum Gasteiger partial charge on any atom is -0.383 e.